The number of pyridine rings is 1. The second-order valence-electron chi connectivity index (χ2n) is 6.41. The number of aryl methyl sites for hydroxylation is 2. The van der Waals surface area contributed by atoms with E-state index >= 15 is 0 Å². The summed E-state index contributed by atoms with van der Waals surface area (Å²) in [5.41, 5.74) is 2.96. The van der Waals surface area contributed by atoms with E-state index in [-0.39, 0.29) is 11.3 Å². The third-order valence-electron chi connectivity index (χ3n) is 4.89. The fourth-order valence-electron chi connectivity index (χ4n) is 3.70. The Bertz CT molecular complexity index is 516. The zero-order chi connectivity index (χ0) is 14.7. The number of ether oxygens (including phenoxy) is 1. The number of hydrogen-bond donors (Lipinski definition) is 1. The van der Waals surface area contributed by atoms with E-state index in [1.165, 1.54) is 24.1 Å². The van der Waals surface area contributed by atoms with Crippen molar-refractivity contribution in [3.8, 4) is 0 Å². The molecule has 0 spiro atoms. The van der Waals surface area contributed by atoms with Gasteiger partial charge in [-0.15, -0.1) is 0 Å². The lowest BCUT2D eigenvalue weighted by atomic mass is 9.74. The number of anilines is 1. The van der Waals surface area contributed by atoms with Gasteiger partial charge in [-0.25, -0.2) is 0 Å². The van der Waals surface area contributed by atoms with Gasteiger partial charge in [0.15, 0.2) is 0 Å². The summed E-state index contributed by atoms with van der Waals surface area (Å²) in [6.07, 6.45) is 10.4. The topological polar surface area (TPSA) is 51.2 Å². The number of rotatable bonds is 4. The minimum absolute atomic E-state index is 0.101. The van der Waals surface area contributed by atoms with E-state index in [2.05, 4.69) is 16.4 Å². The van der Waals surface area contributed by atoms with Gasteiger partial charge >= 0.3 is 0 Å². The number of nitrogens with zero attached hydrogens (tertiary/aromatic N) is 1. The average molecular weight is 288 g/mol. The number of amides is 1. The van der Waals surface area contributed by atoms with Crippen LogP contribution in [0.25, 0.3) is 0 Å². The molecule has 1 aromatic heterocycles. The molecule has 0 unspecified atom stereocenters. The summed E-state index contributed by atoms with van der Waals surface area (Å²) in [6, 6.07) is 2.09. The smallest absolute Gasteiger partial charge is 0.232 e. The lowest BCUT2D eigenvalue weighted by molar-refractivity contribution is -0.131. The zero-order valence-corrected chi connectivity index (χ0v) is 12.8. The van der Waals surface area contributed by atoms with Crippen molar-refractivity contribution in [1.82, 2.24) is 4.98 Å². The standard InChI is InChI=1S/C17H24N2O2/c1-21-12-17(8-3-2-4-9-17)16(20)19-14-10-13-6-5-7-15(13)18-11-14/h10-11H,2-9,12H2,1H3,(H,19,20). The van der Waals surface area contributed by atoms with Gasteiger partial charge in [0.05, 0.1) is 23.9 Å². The molecule has 1 heterocycles. The Balaban J connectivity index is 1.74. The first-order valence-electron chi connectivity index (χ1n) is 8.02. The van der Waals surface area contributed by atoms with Gasteiger partial charge in [-0.05, 0) is 43.7 Å². The van der Waals surface area contributed by atoms with Crippen molar-refractivity contribution in [2.24, 2.45) is 5.41 Å². The van der Waals surface area contributed by atoms with Crippen LogP contribution < -0.4 is 5.32 Å². The van der Waals surface area contributed by atoms with Gasteiger partial charge in [-0.1, -0.05) is 19.3 Å². The van der Waals surface area contributed by atoms with Gasteiger partial charge in [0.2, 0.25) is 5.91 Å². The van der Waals surface area contributed by atoms with Gasteiger partial charge in [0.25, 0.3) is 0 Å². The van der Waals surface area contributed by atoms with Crippen molar-refractivity contribution in [2.45, 2.75) is 51.4 Å². The maximum absolute atomic E-state index is 12.8. The maximum atomic E-state index is 12.8. The molecule has 0 saturated heterocycles. The Morgan fingerprint density at radius 3 is 2.86 bits per heavy atom. The van der Waals surface area contributed by atoms with Crippen molar-refractivity contribution < 1.29 is 9.53 Å². The van der Waals surface area contributed by atoms with Crippen LogP contribution in [0.4, 0.5) is 5.69 Å². The Morgan fingerprint density at radius 1 is 1.29 bits per heavy atom. The van der Waals surface area contributed by atoms with Crippen molar-refractivity contribution in [3.63, 3.8) is 0 Å². The second kappa shape index (κ2) is 6.14. The molecular formula is C17H24N2O2. The van der Waals surface area contributed by atoms with Crippen molar-refractivity contribution >= 4 is 11.6 Å². The van der Waals surface area contributed by atoms with Crippen molar-refractivity contribution in [3.05, 3.63) is 23.5 Å². The molecule has 4 heteroatoms. The molecular weight excluding hydrogens is 264 g/mol. The summed E-state index contributed by atoms with van der Waals surface area (Å²) in [7, 11) is 1.68. The first-order chi connectivity index (χ1) is 10.2. The van der Waals surface area contributed by atoms with Crippen LogP contribution in [-0.2, 0) is 22.4 Å². The first kappa shape index (κ1) is 14.5. The summed E-state index contributed by atoms with van der Waals surface area (Å²) in [6.45, 7) is 0.511. The molecule has 2 aliphatic carbocycles. The molecule has 0 bridgehead atoms. The van der Waals surface area contributed by atoms with Crippen LogP contribution in [0.3, 0.4) is 0 Å². The lowest BCUT2D eigenvalue weighted by Gasteiger charge is -2.35. The lowest BCUT2D eigenvalue weighted by Crippen LogP contribution is -2.41. The molecule has 0 aliphatic heterocycles. The van der Waals surface area contributed by atoms with Gasteiger partial charge in [0.1, 0.15) is 0 Å². The minimum Gasteiger partial charge on any atom is -0.384 e. The number of nitrogens with one attached hydrogen (secondary N) is 1. The molecule has 0 radical (unpaired) electrons. The molecule has 1 aromatic rings. The third-order valence-corrected chi connectivity index (χ3v) is 4.89. The predicted molar refractivity (Wildman–Crippen MR) is 82.3 cm³/mol. The van der Waals surface area contributed by atoms with Crippen molar-refractivity contribution in [1.29, 1.82) is 0 Å². The second-order valence-corrected chi connectivity index (χ2v) is 6.41. The summed E-state index contributed by atoms with van der Waals surface area (Å²) >= 11 is 0. The normalized spacial score (nSPS) is 20.0. The molecule has 4 nitrogen and oxygen atoms in total. The maximum Gasteiger partial charge on any atom is 0.232 e. The summed E-state index contributed by atoms with van der Waals surface area (Å²) < 4.78 is 5.34. The molecule has 1 fully saturated rings. The Kier molecular flexibility index (Phi) is 4.24. The van der Waals surface area contributed by atoms with Crippen LogP contribution in [0, 0.1) is 5.41 Å². The summed E-state index contributed by atoms with van der Waals surface area (Å²) in [4.78, 5) is 17.2. The molecule has 114 valence electrons. The summed E-state index contributed by atoms with van der Waals surface area (Å²) in [5, 5.41) is 3.09. The molecule has 3 rings (SSSR count). The molecule has 0 atom stereocenters. The van der Waals surface area contributed by atoms with Gasteiger partial charge in [-0.3, -0.25) is 9.78 Å². The number of aromatic nitrogens is 1. The van der Waals surface area contributed by atoms with Crippen LogP contribution in [0.2, 0.25) is 0 Å². The van der Waals surface area contributed by atoms with E-state index in [1.807, 2.05) is 0 Å². The van der Waals surface area contributed by atoms with Crippen LogP contribution >= 0.6 is 0 Å². The van der Waals surface area contributed by atoms with Crippen molar-refractivity contribution in [2.75, 3.05) is 19.0 Å². The van der Waals surface area contributed by atoms with Gasteiger partial charge in [0, 0.05) is 12.8 Å². The Hall–Kier alpha value is -1.42. The fourth-order valence-corrected chi connectivity index (χ4v) is 3.70. The zero-order valence-electron chi connectivity index (χ0n) is 12.8. The number of methoxy groups -OCH3 is 1. The van der Waals surface area contributed by atoms with Crippen LogP contribution in [-0.4, -0.2) is 24.6 Å². The molecule has 1 N–H and O–H groups in total. The van der Waals surface area contributed by atoms with E-state index in [4.69, 9.17) is 4.74 Å². The predicted octanol–water partition coefficient (Wildman–Crippen LogP) is 3.11. The largest absolute Gasteiger partial charge is 0.384 e. The summed E-state index contributed by atoms with van der Waals surface area (Å²) in [5.74, 6) is 0.101. The fraction of sp³-hybridized carbons (Fsp3) is 0.647. The highest BCUT2D eigenvalue weighted by molar-refractivity contribution is 5.95. The minimum atomic E-state index is -0.355. The average Bonchev–Trinajstić information content (AvgIpc) is 2.96. The van der Waals surface area contributed by atoms with E-state index in [1.54, 1.807) is 13.3 Å². The van der Waals surface area contributed by atoms with E-state index < -0.39 is 0 Å². The SMILES string of the molecule is COCC1(C(=O)Nc2cnc3c(c2)CCC3)CCCCC1. The van der Waals surface area contributed by atoms with E-state index in [0.29, 0.717) is 6.61 Å². The highest BCUT2D eigenvalue weighted by Crippen LogP contribution is 2.37. The highest BCUT2D eigenvalue weighted by atomic mass is 16.5. The molecule has 21 heavy (non-hydrogen) atoms. The van der Waals surface area contributed by atoms with Crippen LogP contribution in [0.5, 0.6) is 0 Å². The number of carbonyl (C=O) groups excluding carboxylic acids is 1. The first-order valence-corrected chi connectivity index (χ1v) is 8.02. The number of hydrogen-bond acceptors (Lipinski definition) is 3. The van der Waals surface area contributed by atoms with Gasteiger partial charge < -0.3 is 10.1 Å². The van der Waals surface area contributed by atoms with E-state index in [0.717, 1.165) is 44.2 Å². The quantitative estimate of drug-likeness (QED) is 0.926. The van der Waals surface area contributed by atoms with Gasteiger partial charge in [-0.2, -0.15) is 0 Å². The number of fused-ring (bicyclic) bond motifs is 1. The highest BCUT2D eigenvalue weighted by Gasteiger charge is 2.39. The van der Waals surface area contributed by atoms with Crippen LogP contribution in [0.1, 0.15) is 49.8 Å². The molecule has 1 saturated carbocycles. The number of carbonyl (C=O) groups is 1. The Labute approximate surface area is 126 Å². The molecule has 2 aliphatic rings. The molecule has 0 aromatic carbocycles. The monoisotopic (exact) mass is 288 g/mol. The third kappa shape index (κ3) is 2.95. The van der Waals surface area contributed by atoms with Crippen LogP contribution in [0.15, 0.2) is 12.3 Å². The Morgan fingerprint density at radius 2 is 2.10 bits per heavy atom. The van der Waals surface area contributed by atoms with E-state index in [9.17, 15) is 4.79 Å². The molecule has 1 amide bonds.